The Labute approximate surface area is 191 Å². The van der Waals surface area contributed by atoms with Gasteiger partial charge in [0.05, 0.1) is 0 Å². The third-order valence-corrected chi connectivity index (χ3v) is 6.96. The monoisotopic (exact) mass is 442 g/mol. The number of phenolic OH excluding ortho intramolecular Hbond substituents is 1. The van der Waals surface area contributed by atoms with Crippen LogP contribution in [0.4, 0.5) is 4.79 Å². The first-order valence-corrected chi connectivity index (χ1v) is 12.1. The molecule has 1 aliphatic carbocycles. The molecule has 32 heavy (non-hydrogen) atoms. The van der Waals surface area contributed by atoms with E-state index in [1.165, 1.54) is 24.0 Å². The number of phenols is 1. The molecule has 2 saturated heterocycles. The summed E-state index contributed by atoms with van der Waals surface area (Å²) < 4.78 is 5.65. The summed E-state index contributed by atoms with van der Waals surface area (Å²) in [6.07, 6.45) is 8.16. The number of amides is 1. The van der Waals surface area contributed by atoms with Crippen LogP contribution in [0.15, 0.2) is 17.1 Å². The minimum Gasteiger partial charge on any atom is -0.508 e. The van der Waals surface area contributed by atoms with E-state index in [1.807, 2.05) is 31.7 Å². The van der Waals surface area contributed by atoms with Crippen LogP contribution >= 0.6 is 0 Å². The number of aromatic hydroxyl groups is 1. The number of guanidine groups is 1. The molecule has 1 amide bonds. The van der Waals surface area contributed by atoms with Gasteiger partial charge in [0.1, 0.15) is 11.4 Å². The maximum absolute atomic E-state index is 12.7. The summed E-state index contributed by atoms with van der Waals surface area (Å²) in [6, 6.07) is 4.57. The number of fused-ring (bicyclic) bond motifs is 3. The molecule has 3 N–H and O–H groups in total. The zero-order valence-electron chi connectivity index (χ0n) is 19.9. The molecule has 2 atom stereocenters. The quantitative estimate of drug-likeness (QED) is 0.489. The molecule has 2 heterocycles. The lowest BCUT2D eigenvalue weighted by atomic mass is 9.88. The van der Waals surface area contributed by atoms with Gasteiger partial charge >= 0.3 is 6.09 Å². The zero-order chi connectivity index (χ0) is 22.9. The van der Waals surface area contributed by atoms with Gasteiger partial charge in [-0.2, -0.15) is 0 Å². The topological polar surface area (TPSA) is 86.2 Å². The number of hydrogen-bond donors (Lipinski definition) is 3. The van der Waals surface area contributed by atoms with Gasteiger partial charge in [-0.1, -0.05) is 6.07 Å². The number of carbonyl (C=O) groups is 1. The predicted molar refractivity (Wildman–Crippen MR) is 126 cm³/mol. The van der Waals surface area contributed by atoms with Gasteiger partial charge in [-0.3, -0.25) is 4.99 Å². The average Bonchev–Trinajstić information content (AvgIpc) is 3.01. The molecular weight excluding hydrogens is 404 g/mol. The second-order valence-corrected chi connectivity index (χ2v) is 10.4. The Morgan fingerprint density at radius 2 is 1.88 bits per heavy atom. The second kappa shape index (κ2) is 9.20. The number of nitrogens with zero attached hydrogens (tertiary/aromatic N) is 2. The van der Waals surface area contributed by atoms with E-state index in [9.17, 15) is 9.90 Å². The van der Waals surface area contributed by atoms with Crippen LogP contribution in [0.3, 0.4) is 0 Å². The summed E-state index contributed by atoms with van der Waals surface area (Å²) in [4.78, 5) is 19.1. The number of aliphatic imine (C=N–C) groups is 1. The van der Waals surface area contributed by atoms with Gasteiger partial charge < -0.3 is 25.4 Å². The minimum atomic E-state index is -0.472. The normalized spacial score (nSPS) is 25.3. The maximum Gasteiger partial charge on any atom is 0.410 e. The van der Waals surface area contributed by atoms with Gasteiger partial charge in [-0.05, 0) is 89.3 Å². The van der Waals surface area contributed by atoms with Crippen molar-refractivity contribution in [2.45, 2.75) is 102 Å². The van der Waals surface area contributed by atoms with E-state index in [2.05, 4.69) is 21.7 Å². The van der Waals surface area contributed by atoms with Crippen molar-refractivity contribution in [1.82, 2.24) is 15.5 Å². The summed E-state index contributed by atoms with van der Waals surface area (Å²) in [6.45, 7) is 6.30. The molecule has 0 radical (unpaired) electrons. The van der Waals surface area contributed by atoms with E-state index in [0.29, 0.717) is 12.3 Å². The molecule has 2 bridgehead atoms. The van der Waals surface area contributed by atoms with Gasteiger partial charge in [0.2, 0.25) is 0 Å². The van der Waals surface area contributed by atoms with E-state index in [4.69, 9.17) is 4.74 Å². The first kappa shape index (κ1) is 22.7. The Hall–Kier alpha value is -2.44. The van der Waals surface area contributed by atoms with Crippen molar-refractivity contribution in [3.05, 3.63) is 28.8 Å². The summed E-state index contributed by atoms with van der Waals surface area (Å²) in [5.74, 6) is 1.10. The number of nitrogens with one attached hydrogen (secondary N) is 2. The van der Waals surface area contributed by atoms with E-state index in [-0.39, 0.29) is 24.2 Å². The Balaban J connectivity index is 1.36. The standard InChI is InChI=1S/C25H38N4O3/c1-25(2,3)32-24(31)29-18-10-11-19(29)14-17(13-18)28-23(26-4)27-15-21-20-8-6-5-7-16(20)9-12-22(21)30/h9,12,17-19,30H,5-8,10-11,13-15H2,1-4H3,(H2,26,27,28). The van der Waals surface area contributed by atoms with Crippen molar-refractivity contribution in [3.8, 4) is 5.75 Å². The van der Waals surface area contributed by atoms with Gasteiger partial charge in [-0.15, -0.1) is 0 Å². The van der Waals surface area contributed by atoms with Gasteiger partial charge in [0.25, 0.3) is 0 Å². The number of ether oxygens (including phenoxy) is 1. The van der Waals surface area contributed by atoms with Crippen LogP contribution in [0.5, 0.6) is 5.75 Å². The van der Waals surface area contributed by atoms with Crippen LogP contribution in [0.25, 0.3) is 0 Å². The number of rotatable bonds is 3. The van der Waals surface area contributed by atoms with Crippen LogP contribution in [0.2, 0.25) is 0 Å². The first-order valence-electron chi connectivity index (χ1n) is 12.1. The van der Waals surface area contributed by atoms with Crippen molar-refractivity contribution in [2.75, 3.05) is 7.05 Å². The molecule has 1 aromatic carbocycles. The lowest BCUT2D eigenvalue weighted by molar-refractivity contribution is 0.00545. The molecule has 7 nitrogen and oxygen atoms in total. The molecule has 176 valence electrons. The van der Waals surface area contributed by atoms with Gasteiger partial charge in [-0.25, -0.2) is 4.79 Å². The van der Waals surface area contributed by atoms with E-state index < -0.39 is 5.60 Å². The molecule has 2 unspecified atom stereocenters. The van der Waals surface area contributed by atoms with E-state index in [1.54, 1.807) is 7.05 Å². The minimum absolute atomic E-state index is 0.185. The lowest BCUT2D eigenvalue weighted by Gasteiger charge is -2.40. The third kappa shape index (κ3) is 4.97. The Bertz CT molecular complexity index is 863. The highest BCUT2D eigenvalue weighted by Crippen LogP contribution is 2.37. The molecule has 0 saturated carbocycles. The molecule has 4 rings (SSSR count). The summed E-state index contributed by atoms with van der Waals surface area (Å²) >= 11 is 0. The first-order chi connectivity index (χ1) is 15.2. The van der Waals surface area contributed by atoms with Crippen molar-refractivity contribution in [1.29, 1.82) is 0 Å². The lowest BCUT2D eigenvalue weighted by Crippen LogP contribution is -2.54. The molecule has 3 aliphatic rings. The summed E-state index contributed by atoms with van der Waals surface area (Å²) in [5, 5.41) is 17.4. The van der Waals surface area contributed by atoms with Gasteiger partial charge in [0.15, 0.2) is 5.96 Å². The van der Waals surface area contributed by atoms with E-state index in [0.717, 1.165) is 50.0 Å². The highest BCUT2D eigenvalue weighted by Gasteiger charge is 2.45. The molecule has 0 spiro atoms. The highest BCUT2D eigenvalue weighted by molar-refractivity contribution is 5.80. The van der Waals surface area contributed by atoms with Crippen LogP contribution < -0.4 is 10.6 Å². The predicted octanol–water partition coefficient (Wildman–Crippen LogP) is 3.87. The molecule has 2 aliphatic heterocycles. The fraction of sp³-hybridized carbons (Fsp3) is 0.680. The van der Waals surface area contributed by atoms with Crippen molar-refractivity contribution in [2.24, 2.45) is 4.99 Å². The van der Waals surface area contributed by atoms with Crippen LogP contribution in [0.1, 0.15) is 76.0 Å². The SMILES string of the molecule is CN=C(NCc1c(O)ccc2c1CCCC2)NC1CC2CCC(C1)N2C(=O)OC(C)(C)C. The smallest absolute Gasteiger partial charge is 0.410 e. The fourth-order valence-corrected chi connectivity index (χ4v) is 5.56. The highest BCUT2D eigenvalue weighted by atomic mass is 16.6. The number of benzene rings is 1. The average molecular weight is 443 g/mol. The number of piperidine rings is 1. The second-order valence-electron chi connectivity index (χ2n) is 10.4. The third-order valence-electron chi connectivity index (χ3n) is 6.96. The molecule has 1 aromatic rings. The van der Waals surface area contributed by atoms with Crippen LogP contribution in [0, 0.1) is 0 Å². The molecular formula is C25H38N4O3. The number of carbonyl (C=O) groups excluding carboxylic acids is 1. The largest absolute Gasteiger partial charge is 0.508 e. The summed E-state index contributed by atoms with van der Waals surface area (Å²) in [7, 11) is 1.78. The maximum atomic E-state index is 12.7. The number of aryl methyl sites for hydroxylation is 1. The van der Waals surface area contributed by atoms with Crippen LogP contribution in [-0.4, -0.2) is 52.8 Å². The van der Waals surface area contributed by atoms with Crippen molar-refractivity contribution in [3.63, 3.8) is 0 Å². The van der Waals surface area contributed by atoms with Gasteiger partial charge in [0, 0.05) is 37.3 Å². The Kier molecular flexibility index (Phi) is 6.54. The number of hydrogen-bond acceptors (Lipinski definition) is 4. The Morgan fingerprint density at radius 1 is 1.19 bits per heavy atom. The van der Waals surface area contributed by atoms with Crippen LogP contribution in [-0.2, 0) is 24.1 Å². The van der Waals surface area contributed by atoms with E-state index >= 15 is 0 Å². The molecule has 7 heteroatoms. The summed E-state index contributed by atoms with van der Waals surface area (Å²) in [5.41, 5.74) is 3.17. The Morgan fingerprint density at radius 3 is 2.53 bits per heavy atom. The molecule has 0 aromatic heterocycles. The van der Waals surface area contributed by atoms with Crippen molar-refractivity contribution >= 4 is 12.1 Å². The fourth-order valence-electron chi connectivity index (χ4n) is 5.56. The molecule has 2 fully saturated rings. The van der Waals surface area contributed by atoms with Crippen molar-refractivity contribution < 1.29 is 14.6 Å². The zero-order valence-corrected chi connectivity index (χ0v) is 19.9.